The van der Waals surface area contributed by atoms with Gasteiger partial charge in [-0.05, 0) is 74.5 Å². The maximum atomic E-state index is 12.7. The van der Waals surface area contributed by atoms with Crippen LogP contribution in [-0.4, -0.2) is 61.1 Å². The SMILES string of the molecule is O=C(O)[C@H](Cc1ccc(-n2c(CC3CC3)nc3cccnc32)cc1)N=C1C(Br)C(=O)C12CCNCC2. The smallest absolute Gasteiger partial charge is 0.328 e. The highest BCUT2D eigenvalue weighted by atomic mass is 79.9. The number of hydrogen-bond acceptors (Lipinski definition) is 6. The number of piperidine rings is 1. The van der Waals surface area contributed by atoms with E-state index in [1.54, 1.807) is 6.20 Å². The van der Waals surface area contributed by atoms with Gasteiger partial charge in [0.1, 0.15) is 16.2 Å². The number of nitrogens with one attached hydrogen (secondary N) is 1. The van der Waals surface area contributed by atoms with Crippen LogP contribution in [0.5, 0.6) is 0 Å². The fourth-order valence-corrected chi connectivity index (χ4v) is 6.51. The minimum atomic E-state index is -0.980. The molecule has 3 aliphatic rings. The second-order valence-corrected chi connectivity index (χ2v) is 11.1. The summed E-state index contributed by atoms with van der Waals surface area (Å²) in [4.78, 5) is 38.4. The molecule has 1 aromatic carbocycles. The van der Waals surface area contributed by atoms with Gasteiger partial charge in [-0.2, -0.15) is 0 Å². The van der Waals surface area contributed by atoms with E-state index in [4.69, 9.17) is 4.98 Å². The molecule has 3 heterocycles. The molecule has 186 valence electrons. The van der Waals surface area contributed by atoms with Crippen LogP contribution in [0.25, 0.3) is 16.9 Å². The zero-order valence-corrected chi connectivity index (χ0v) is 21.4. The van der Waals surface area contributed by atoms with Crippen molar-refractivity contribution in [1.82, 2.24) is 19.9 Å². The number of halogens is 1. The molecule has 1 saturated heterocycles. The number of aliphatic carboxylic acids is 1. The molecule has 9 heteroatoms. The van der Waals surface area contributed by atoms with Crippen molar-refractivity contribution in [1.29, 1.82) is 0 Å². The van der Waals surface area contributed by atoms with Crippen molar-refractivity contribution >= 4 is 44.6 Å². The van der Waals surface area contributed by atoms with E-state index in [-0.39, 0.29) is 12.2 Å². The highest BCUT2D eigenvalue weighted by Crippen LogP contribution is 2.46. The standard InChI is InChI=1S/C27H28BrN5O3/c28-22-23(27(24(22)34)9-12-29-13-10-27)32-20(26(35)36)14-16-5-7-18(8-6-16)33-21(15-17-3-4-17)31-19-2-1-11-30-25(19)33/h1-2,5-8,11,17,20,22,29H,3-4,9-10,12-15H2,(H,35,36)/t20-,22?/m0/s1. The number of rotatable bonds is 7. The van der Waals surface area contributed by atoms with E-state index < -0.39 is 22.3 Å². The van der Waals surface area contributed by atoms with E-state index in [0.29, 0.717) is 24.5 Å². The number of fused-ring (bicyclic) bond motifs is 1. The number of aromatic nitrogens is 3. The molecule has 2 aromatic heterocycles. The third-order valence-electron chi connectivity index (χ3n) is 7.75. The number of pyridine rings is 1. The topological polar surface area (TPSA) is 109 Å². The average Bonchev–Trinajstić information content (AvgIpc) is 3.64. The minimum absolute atomic E-state index is 0.124. The van der Waals surface area contributed by atoms with E-state index in [1.807, 2.05) is 36.4 Å². The van der Waals surface area contributed by atoms with E-state index in [9.17, 15) is 14.7 Å². The highest BCUT2D eigenvalue weighted by Gasteiger charge is 2.58. The van der Waals surface area contributed by atoms with Crippen molar-refractivity contribution in [3.05, 3.63) is 54.0 Å². The maximum Gasteiger partial charge on any atom is 0.328 e. The first kappa shape index (κ1) is 23.5. The van der Waals surface area contributed by atoms with Crippen LogP contribution in [0.2, 0.25) is 0 Å². The number of hydrogen-bond donors (Lipinski definition) is 2. The molecule has 2 atom stereocenters. The Morgan fingerprint density at radius 3 is 2.67 bits per heavy atom. The first-order valence-electron chi connectivity index (χ1n) is 12.6. The molecule has 3 aromatic rings. The number of carboxylic acid groups (broad SMARTS) is 1. The summed E-state index contributed by atoms with van der Waals surface area (Å²) in [6, 6.07) is 10.9. The first-order chi connectivity index (χ1) is 17.5. The van der Waals surface area contributed by atoms with E-state index >= 15 is 0 Å². The molecule has 0 bridgehead atoms. The fourth-order valence-electron chi connectivity index (χ4n) is 5.51. The van der Waals surface area contributed by atoms with Crippen LogP contribution in [0.4, 0.5) is 0 Å². The summed E-state index contributed by atoms with van der Waals surface area (Å²) >= 11 is 3.44. The van der Waals surface area contributed by atoms with Crippen molar-refractivity contribution in [2.75, 3.05) is 13.1 Å². The Labute approximate surface area is 217 Å². The first-order valence-corrected chi connectivity index (χ1v) is 13.5. The lowest BCUT2D eigenvalue weighted by atomic mass is 9.60. The summed E-state index contributed by atoms with van der Waals surface area (Å²) in [5.41, 5.74) is 3.65. The predicted molar refractivity (Wildman–Crippen MR) is 140 cm³/mol. The van der Waals surface area contributed by atoms with Crippen molar-refractivity contribution in [2.45, 2.75) is 49.4 Å². The summed E-state index contributed by atoms with van der Waals surface area (Å²) in [5, 5.41) is 13.2. The third-order valence-corrected chi connectivity index (χ3v) is 8.60. The molecule has 3 fully saturated rings. The Morgan fingerprint density at radius 2 is 1.97 bits per heavy atom. The van der Waals surface area contributed by atoms with Gasteiger partial charge in [0.25, 0.3) is 0 Å². The number of aliphatic imine (C=N–C) groups is 1. The number of imidazole rings is 1. The number of carbonyl (C=O) groups excluding carboxylic acids is 1. The number of carbonyl (C=O) groups is 2. The molecule has 1 aliphatic heterocycles. The Morgan fingerprint density at radius 1 is 1.22 bits per heavy atom. The lowest BCUT2D eigenvalue weighted by molar-refractivity contribution is -0.138. The zero-order chi connectivity index (χ0) is 24.9. The number of benzene rings is 1. The van der Waals surface area contributed by atoms with Gasteiger partial charge in [-0.25, -0.2) is 14.8 Å². The predicted octanol–water partition coefficient (Wildman–Crippen LogP) is 3.53. The molecule has 2 saturated carbocycles. The Balaban J connectivity index is 1.27. The van der Waals surface area contributed by atoms with Gasteiger partial charge in [0.05, 0.1) is 5.41 Å². The molecule has 2 N–H and O–H groups in total. The number of carboxylic acids is 1. The lowest BCUT2D eigenvalue weighted by Crippen LogP contribution is -2.63. The molecule has 0 amide bonds. The zero-order valence-electron chi connectivity index (χ0n) is 19.9. The Kier molecular flexibility index (Phi) is 6.00. The van der Waals surface area contributed by atoms with Crippen LogP contribution in [0.3, 0.4) is 0 Å². The minimum Gasteiger partial charge on any atom is -0.480 e. The Hall–Kier alpha value is -2.91. The third kappa shape index (κ3) is 4.08. The maximum absolute atomic E-state index is 12.7. The van der Waals surface area contributed by atoms with Gasteiger partial charge in [-0.3, -0.25) is 14.4 Å². The van der Waals surface area contributed by atoms with Gasteiger partial charge in [0, 0.05) is 30.4 Å². The molecule has 36 heavy (non-hydrogen) atoms. The number of alkyl halides is 1. The number of ketones is 1. The number of Topliss-reactive ketones (excluding diaryl/α,β-unsaturated/α-hetero) is 1. The number of nitrogens with zero attached hydrogens (tertiary/aromatic N) is 4. The fraction of sp³-hybridized carbons (Fsp3) is 0.444. The summed E-state index contributed by atoms with van der Waals surface area (Å²) in [5.74, 6) is 0.847. The molecular formula is C27H28BrN5O3. The van der Waals surface area contributed by atoms with Gasteiger partial charge in [0.2, 0.25) is 0 Å². The molecule has 0 radical (unpaired) electrons. The van der Waals surface area contributed by atoms with Gasteiger partial charge < -0.3 is 10.4 Å². The largest absolute Gasteiger partial charge is 0.480 e. The van der Waals surface area contributed by atoms with Gasteiger partial charge >= 0.3 is 5.97 Å². The normalized spacial score (nSPS) is 23.2. The second kappa shape index (κ2) is 9.19. The van der Waals surface area contributed by atoms with Crippen LogP contribution in [0.15, 0.2) is 47.6 Å². The van der Waals surface area contributed by atoms with E-state index in [0.717, 1.165) is 47.7 Å². The summed E-state index contributed by atoms with van der Waals surface area (Å²) in [7, 11) is 0. The van der Waals surface area contributed by atoms with Crippen molar-refractivity contribution < 1.29 is 14.7 Å². The van der Waals surface area contributed by atoms with Crippen LogP contribution in [-0.2, 0) is 22.4 Å². The molecule has 1 unspecified atom stereocenters. The van der Waals surface area contributed by atoms with Crippen LogP contribution < -0.4 is 5.32 Å². The second-order valence-electron chi connectivity index (χ2n) is 10.2. The molecular weight excluding hydrogens is 522 g/mol. The highest BCUT2D eigenvalue weighted by molar-refractivity contribution is 9.10. The quantitative estimate of drug-likeness (QED) is 0.436. The summed E-state index contributed by atoms with van der Waals surface area (Å²) in [6.07, 6.45) is 6.80. The van der Waals surface area contributed by atoms with Gasteiger partial charge in [0.15, 0.2) is 17.5 Å². The molecule has 2 aliphatic carbocycles. The van der Waals surface area contributed by atoms with Crippen LogP contribution in [0, 0.1) is 11.3 Å². The molecule has 6 rings (SSSR count). The van der Waals surface area contributed by atoms with E-state index in [1.165, 1.54) is 12.8 Å². The van der Waals surface area contributed by atoms with Crippen LogP contribution in [0.1, 0.15) is 37.1 Å². The van der Waals surface area contributed by atoms with Crippen LogP contribution >= 0.6 is 15.9 Å². The Bertz CT molecular complexity index is 1360. The summed E-state index contributed by atoms with van der Waals surface area (Å²) < 4.78 is 2.11. The molecule has 1 spiro atoms. The van der Waals surface area contributed by atoms with Crippen molar-refractivity contribution in [3.63, 3.8) is 0 Å². The molecule has 8 nitrogen and oxygen atoms in total. The average molecular weight is 550 g/mol. The van der Waals surface area contributed by atoms with Gasteiger partial charge in [-0.15, -0.1) is 0 Å². The van der Waals surface area contributed by atoms with Gasteiger partial charge in [-0.1, -0.05) is 28.1 Å². The van der Waals surface area contributed by atoms with Crippen molar-refractivity contribution in [3.8, 4) is 5.69 Å². The lowest BCUT2D eigenvalue weighted by Gasteiger charge is -2.48. The van der Waals surface area contributed by atoms with E-state index in [2.05, 4.69) is 35.8 Å². The summed E-state index contributed by atoms with van der Waals surface area (Å²) in [6.45, 7) is 1.48. The monoisotopic (exact) mass is 549 g/mol. The van der Waals surface area contributed by atoms with Crippen molar-refractivity contribution in [2.24, 2.45) is 16.3 Å².